The maximum absolute atomic E-state index is 13.4. The molecule has 0 fully saturated rings. The highest BCUT2D eigenvalue weighted by atomic mass is 35.5. The molecule has 1 N–H and O–H groups in total. The van der Waals surface area contributed by atoms with Gasteiger partial charge in [0.05, 0.1) is 22.5 Å². The van der Waals surface area contributed by atoms with Crippen molar-refractivity contribution in [1.29, 1.82) is 0 Å². The van der Waals surface area contributed by atoms with E-state index in [2.05, 4.69) is 12.2 Å². The second-order valence-corrected chi connectivity index (χ2v) is 7.98. The Bertz CT molecular complexity index is 1040. The van der Waals surface area contributed by atoms with E-state index in [0.29, 0.717) is 39.1 Å². The summed E-state index contributed by atoms with van der Waals surface area (Å²) in [6.07, 6.45) is 2.94. The van der Waals surface area contributed by atoms with Crippen molar-refractivity contribution in [3.8, 4) is 0 Å². The van der Waals surface area contributed by atoms with Crippen LogP contribution in [0.4, 0.5) is 0 Å². The summed E-state index contributed by atoms with van der Waals surface area (Å²) in [5.74, 6) is -0.411. The van der Waals surface area contributed by atoms with Crippen LogP contribution in [0.2, 0.25) is 10.0 Å². The Kier molecular flexibility index (Phi) is 5.48. The van der Waals surface area contributed by atoms with Gasteiger partial charge < -0.3 is 10.2 Å². The summed E-state index contributed by atoms with van der Waals surface area (Å²) in [6.45, 7) is 2.69. The Hall–Kier alpha value is -2.56. The van der Waals surface area contributed by atoms with Crippen LogP contribution in [0, 0.1) is 0 Å². The highest BCUT2D eigenvalue weighted by molar-refractivity contribution is 6.32. The van der Waals surface area contributed by atoms with Crippen LogP contribution in [0.25, 0.3) is 11.4 Å². The van der Waals surface area contributed by atoms with Crippen LogP contribution in [-0.2, 0) is 9.59 Å². The number of fused-ring (bicyclic) bond motifs is 1. The van der Waals surface area contributed by atoms with Gasteiger partial charge in [0.25, 0.3) is 11.8 Å². The van der Waals surface area contributed by atoms with E-state index in [9.17, 15) is 9.59 Å². The van der Waals surface area contributed by atoms with Gasteiger partial charge in [-0.25, -0.2) is 0 Å². The van der Waals surface area contributed by atoms with Crippen LogP contribution in [0.15, 0.2) is 59.7 Å². The highest BCUT2D eigenvalue weighted by Crippen LogP contribution is 2.42. The van der Waals surface area contributed by atoms with Gasteiger partial charge in [-0.3, -0.25) is 9.59 Å². The quantitative estimate of drug-likeness (QED) is 0.638. The fourth-order valence-electron chi connectivity index (χ4n) is 3.76. The second-order valence-electron chi connectivity index (χ2n) is 7.11. The van der Waals surface area contributed by atoms with Crippen LogP contribution in [0.5, 0.6) is 0 Å². The van der Waals surface area contributed by atoms with Crippen LogP contribution in [-0.4, -0.2) is 23.3 Å². The lowest BCUT2D eigenvalue weighted by atomic mass is 10.0. The minimum atomic E-state index is -0.263. The van der Waals surface area contributed by atoms with Gasteiger partial charge in [-0.05, 0) is 41.8 Å². The smallest absolute Gasteiger partial charge is 0.261 e. The zero-order valence-electron chi connectivity index (χ0n) is 16.0. The van der Waals surface area contributed by atoms with E-state index in [4.69, 9.17) is 23.2 Å². The molecule has 2 aromatic rings. The molecular weight excluding hydrogens is 407 g/mol. The fourth-order valence-corrected chi connectivity index (χ4v) is 4.01. The summed E-state index contributed by atoms with van der Waals surface area (Å²) in [5, 5.41) is 4.09. The largest absolute Gasteiger partial charge is 0.321 e. The van der Waals surface area contributed by atoms with Crippen molar-refractivity contribution in [1.82, 2.24) is 10.2 Å². The predicted octanol–water partition coefficient (Wildman–Crippen LogP) is 5.28. The molecule has 0 aromatic heterocycles. The molecule has 0 spiro atoms. The van der Waals surface area contributed by atoms with Crippen molar-refractivity contribution < 1.29 is 9.59 Å². The number of benzene rings is 2. The average molecular weight is 427 g/mol. The summed E-state index contributed by atoms with van der Waals surface area (Å²) in [5.41, 5.74) is 3.61. The van der Waals surface area contributed by atoms with E-state index >= 15 is 0 Å². The van der Waals surface area contributed by atoms with Crippen LogP contribution in [0.1, 0.15) is 37.3 Å². The van der Waals surface area contributed by atoms with Crippen molar-refractivity contribution in [3.63, 3.8) is 0 Å². The van der Waals surface area contributed by atoms with Crippen molar-refractivity contribution in [2.24, 2.45) is 0 Å². The summed E-state index contributed by atoms with van der Waals surface area (Å²) < 4.78 is 0. The molecule has 4 rings (SSSR count). The van der Waals surface area contributed by atoms with Crippen molar-refractivity contribution >= 4 is 46.4 Å². The van der Waals surface area contributed by atoms with Gasteiger partial charge in [0.1, 0.15) is 0 Å². The third kappa shape index (κ3) is 3.59. The predicted molar refractivity (Wildman–Crippen MR) is 116 cm³/mol. The number of unbranched alkanes of at least 4 members (excludes halogenated alkanes) is 2. The van der Waals surface area contributed by atoms with Crippen molar-refractivity contribution in [2.75, 3.05) is 6.54 Å². The van der Waals surface area contributed by atoms with Gasteiger partial charge in [0.15, 0.2) is 0 Å². The van der Waals surface area contributed by atoms with Gasteiger partial charge in [0.2, 0.25) is 0 Å². The van der Waals surface area contributed by atoms with Crippen molar-refractivity contribution in [3.05, 3.63) is 80.8 Å². The molecule has 148 valence electrons. The van der Waals surface area contributed by atoms with E-state index in [1.807, 2.05) is 24.3 Å². The maximum Gasteiger partial charge on any atom is 0.261 e. The number of halogens is 2. The molecule has 2 aliphatic rings. The first-order valence-electron chi connectivity index (χ1n) is 9.65. The first kappa shape index (κ1) is 19.7. The lowest BCUT2D eigenvalue weighted by Gasteiger charge is -2.21. The Balaban J connectivity index is 1.86. The molecule has 2 aromatic carbocycles. The normalized spacial score (nSPS) is 16.0. The fraction of sp³-hybridized carbons (Fsp3) is 0.217. The monoisotopic (exact) mass is 426 g/mol. The molecule has 2 heterocycles. The standard InChI is InChI=1S/C23H20Cl2N2O2/c1-2-3-4-13-27-21(15-7-11-17(25)12-8-15)19-18(23(27)29)20(26-22(19)28)14-5-9-16(24)10-6-14/h5-12H,2-4,13H2,1H3,(H,26,28). The number of carbonyl (C=O) groups excluding carboxylic acids is 2. The molecular formula is C23H20Cl2N2O2. The molecule has 0 bridgehead atoms. The molecule has 0 atom stereocenters. The molecule has 0 aliphatic carbocycles. The second kappa shape index (κ2) is 8.05. The van der Waals surface area contributed by atoms with E-state index in [1.165, 1.54) is 0 Å². The van der Waals surface area contributed by atoms with Gasteiger partial charge in [-0.1, -0.05) is 67.2 Å². The molecule has 0 radical (unpaired) electrons. The van der Waals surface area contributed by atoms with Crippen LogP contribution < -0.4 is 5.32 Å². The molecule has 6 heteroatoms. The first-order chi connectivity index (χ1) is 14.0. The number of carbonyl (C=O) groups is 2. The zero-order chi connectivity index (χ0) is 20.5. The third-order valence-corrected chi connectivity index (χ3v) is 5.67. The lowest BCUT2D eigenvalue weighted by Crippen LogP contribution is -2.28. The summed E-state index contributed by atoms with van der Waals surface area (Å²) >= 11 is 12.0. The van der Waals surface area contributed by atoms with E-state index in [0.717, 1.165) is 30.4 Å². The molecule has 2 aliphatic heterocycles. The highest BCUT2D eigenvalue weighted by Gasteiger charge is 2.45. The lowest BCUT2D eigenvalue weighted by molar-refractivity contribution is -0.123. The van der Waals surface area contributed by atoms with E-state index < -0.39 is 0 Å². The van der Waals surface area contributed by atoms with E-state index in [1.54, 1.807) is 29.2 Å². The number of hydrogen-bond donors (Lipinski definition) is 1. The van der Waals surface area contributed by atoms with Crippen LogP contribution >= 0.6 is 23.2 Å². The number of nitrogens with one attached hydrogen (secondary N) is 1. The Labute approximate surface area is 179 Å². The van der Waals surface area contributed by atoms with Crippen molar-refractivity contribution in [2.45, 2.75) is 26.2 Å². The minimum absolute atomic E-state index is 0.149. The topological polar surface area (TPSA) is 49.4 Å². The zero-order valence-corrected chi connectivity index (χ0v) is 17.5. The van der Waals surface area contributed by atoms with Gasteiger partial charge >= 0.3 is 0 Å². The maximum atomic E-state index is 13.4. The molecule has 2 amide bonds. The van der Waals surface area contributed by atoms with Gasteiger partial charge in [-0.2, -0.15) is 0 Å². The number of amides is 2. The molecule has 0 saturated carbocycles. The third-order valence-electron chi connectivity index (χ3n) is 5.17. The SMILES string of the molecule is CCCCCN1C(=O)C2=C(c3ccc(Cl)cc3)NC(=O)C2=C1c1ccc(Cl)cc1. The van der Waals surface area contributed by atoms with E-state index in [-0.39, 0.29) is 11.8 Å². The Morgan fingerprint density at radius 3 is 2.00 bits per heavy atom. The Morgan fingerprint density at radius 1 is 0.828 bits per heavy atom. The average Bonchev–Trinajstić information content (AvgIpc) is 3.19. The molecule has 0 saturated heterocycles. The van der Waals surface area contributed by atoms with Gasteiger partial charge in [-0.15, -0.1) is 0 Å². The molecule has 0 unspecified atom stereocenters. The first-order valence-corrected chi connectivity index (χ1v) is 10.4. The molecule has 4 nitrogen and oxygen atoms in total. The summed E-state index contributed by atoms with van der Waals surface area (Å²) in [4.78, 5) is 28.1. The van der Waals surface area contributed by atoms with Gasteiger partial charge in [0, 0.05) is 16.6 Å². The Morgan fingerprint density at radius 2 is 1.41 bits per heavy atom. The minimum Gasteiger partial charge on any atom is -0.321 e. The molecule has 29 heavy (non-hydrogen) atoms. The number of rotatable bonds is 6. The number of hydrogen-bond acceptors (Lipinski definition) is 2. The number of nitrogens with zero attached hydrogens (tertiary/aromatic N) is 1. The summed E-state index contributed by atoms with van der Waals surface area (Å²) in [6, 6.07) is 14.4. The van der Waals surface area contributed by atoms with Crippen LogP contribution in [0.3, 0.4) is 0 Å². The summed E-state index contributed by atoms with van der Waals surface area (Å²) in [7, 11) is 0.